The quantitative estimate of drug-likeness (QED) is 0.349. The number of benzene rings is 2. The number of carbonyl (C=O) groups excluding carboxylic acids is 2. The van der Waals surface area contributed by atoms with Gasteiger partial charge in [0, 0.05) is 31.1 Å². The van der Waals surface area contributed by atoms with Crippen LogP contribution >= 0.6 is 0 Å². The lowest BCUT2D eigenvalue weighted by Crippen LogP contribution is -2.37. The van der Waals surface area contributed by atoms with Crippen molar-refractivity contribution < 1.29 is 19.1 Å². The number of ether oxygens (including phenoxy) is 2. The van der Waals surface area contributed by atoms with Crippen molar-refractivity contribution in [1.82, 2.24) is 10.6 Å². The van der Waals surface area contributed by atoms with Crippen LogP contribution in [0.4, 0.5) is 16.2 Å². The van der Waals surface area contributed by atoms with Gasteiger partial charge in [-0.15, -0.1) is 0 Å². The van der Waals surface area contributed by atoms with Crippen molar-refractivity contribution in [3.63, 3.8) is 0 Å². The summed E-state index contributed by atoms with van der Waals surface area (Å²) in [5.41, 5.74) is 7.10. The average molecular weight is 415 g/mol. The zero-order chi connectivity index (χ0) is 21.9. The van der Waals surface area contributed by atoms with Crippen LogP contribution in [0.1, 0.15) is 37.0 Å². The molecule has 0 saturated carbocycles. The number of nitrogen functional groups attached to an aromatic ring is 1. The predicted molar refractivity (Wildman–Crippen MR) is 118 cm³/mol. The van der Waals surface area contributed by atoms with Gasteiger partial charge in [0.1, 0.15) is 11.5 Å². The molecule has 2 aromatic carbocycles. The Bertz CT molecular complexity index is 836. The minimum atomic E-state index is -0.332. The van der Waals surface area contributed by atoms with Crippen molar-refractivity contribution >= 4 is 23.3 Å². The number of methoxy groups -OCH3 is 1. The zero-order valence-electron chi connectivity index (χ0n) is 17.7. The normalized spacial score (nSPS) is 10.5. The van der Waals surface area contributed by atoms with Gasteiger partial charge in [-0.05, 0) is 55.3 Å². The molecule has 8 heteroatoms. The van der Waals surface area contributed by atoms with E-state index >= 15 is 0 Å². The molecule has 0 aliphatic carbocycles. The Morgan fingerprint density at radius 2 is 1.77 bits per heavy atom. The molecule has 0 unspecified atom stereocenters. The van der Waals surface area contributed by atoms with Crippen LogP contribution in [0.2, 0.25) is 0 Å². The molecule has 0 aromatic heterocycles. The summed E-state index contributed by atoms with van der Waals surface area (Å²) in [6, 6.07) is 11.6. The molecule has 30 heavy (non-hydrogen) atoms. The molecule has 0 atom stereocenters. The summed E-state index contributed by atoms with van der Waals surface area (Å²) >= 11 is 0. The van der Waals surface area contributed by atoms with E-state index in [9.17, 15) is 9.59 Å². The van der Waals surface area contributed by atoms with Gasteiger partial charge in [0.05, 0.1) is 12.2 Å². The topological polar surface area (TPSA) is 115 Å². The predicted octanol–water partition coefficient (Wildman–Crippen LogP) is 3.75. The molecular weight excluding hydrogens is 384 g/mol. The van der Waals surface area contributed by atoms with Crippen LogP contribution in [0.5, 0.6) is 11.5 Å². The third-order valence-corrected chi connectivity index (χ3v) is 4.50. The number of amides is 3. The minimum Gasteiger partial charge on any atom is -0.457 e. The van der Waals surface area contributed by atoms with E-state index in [1.807, 2.05) is 13.8 Å². The first-order valence-corrected chi connectivity index (χ1v) is 9.98. The fraction of sp³-hybridized carbons (Fsp3) is 0.364. The van der Waals surface area contributed by atoms with E-state index in [1.54, 1.807) is 49.6 Å². The number of hydrogen-bond donors (Lipinski definition) is 4. The molecule has 2 rings (SSSR count). The molecule has 5 N–H and O–H groups in total. The summed E-state index contributed by atoms with van der Waals surface area (Å²) in [6.45, 7) is 4.76. The Morgan fingerprint density at radius 3 is 2.40 bits per heavy atom. The second kappa shape index (κ2) is 11.7. The highest BCUT2D eigenvalue weighted by Gasteiger charge is 2.16. The van der Waals surface area contributed by atoms with Crippen LogP contribution in [0, 0.1) is 0 Å². The minimum absolute atomic E-state index is 0.0925. The van der Waals surface area contributed by atoms with E-state index in [4.69, 9.17) is 15.2 Å². The highest BCUT2D eigenvalue weighted by atomic mass is 16.5. The number of urea groups is 1. The fourth-order valence-corrected chi connectivity index (χ4v) is 2.74. The van der Waals surface area contributed by atoms with Crippen LogP contribution in [0.3, 0.4) is 0 Å². The molecule has 0 heterocycles. The standard InChI is InChI=1S/C22H30N4O4/c1-4-16(5-2)25-22(28)26-17-8-11-20(30-18-9-6-15(23)7-10-18)19(14-17)21(27)24-12-13-29-3/h6-11,14,16H,4-5,12-13,23H2,1-3H3,(H,24,27)(H2,25,26,28). The summed E-state index contributed by atoms with van der Waals surface area (Å²) in [5, 5.41) is 8.45. The molecule has 3 amide bonds. The monoisotopic (exact) mass is 414 g/mol. The van der Waals surface area contributed by atoms with E-state index < -0.39 is 0 Å². The van der Waals surface area contributed by atoms with Gasteiger partial charge in [0.2, 0.25) is 0 Å². The number of anilines is 2. The smallest absolute Gasteiger partial charge is 0.319 e. The molecule has 0 fully saturated rings. The van der Waals surface area contributed by atoms with E-state index in [0.717, 1.165) is 12.8 Å². The van der Waals surface area contributed by atoms with Crippen molar-refractivity contribution in [3.05, 3.63) is 48.0 Å². The van der Waals surface area contributed by atoms with E-state index in [2.05, 4.69) is 16.0 Å². The maximum absolute atomic E-state index is 12.7. The summed E-state index contributed by atoms with van der Waals surface area (Å²) in [7, 11) is 1.56. The number of hydrogen-bond acceptors (Lipinski definition) is 5. The molecule has 2 aromatic rings. The lowest BCUT2D eigenvalue weighted by molar-refractivity contribution is 0.0935. The van der Waals surface area contributed by atoms with Crippen molar-refractivity contribution in [2.24, 2.45) is 0 Å². The van der Waals surface area contributed by atoms with Gasteiger partial charge >= 0.3 is 6.03 Å². The van der Waals surface area contributed by atoms with Crippen LogP contribution in [-0.4, -0.2) is 38.2 Å². The van der Waals surface area contributed by atoms with Crippen LogP contribution in [-0.2, 0) is 4.74 Å². The number of carbonyl (C=O) groups is 2. The molecule has 8 nitrogen and oxygen atoms in total. The summed E-state index contributed by atoms with van der Waals surface area (Å²) in [4.78, 5) is 25.0. The van der Waals surface area contributed by atoms with Gasteiger partial charge in [-0.25, -0.2) is 4.79 Å². The number of rotatable bonds is 10. The van der Waals surface area contributed by atoms with Crippen LogP contribution < -0.4 is 26.4 Å². The fourth-order valence-electron chi connectivity index (χ4n) is 2.74. The van der Waals surface area contributed by atoms with Crippen molar-refractivity contribution in [2.45, 2.75) is 32.7 Å². The SMILES string of the molecule is CCC(CC)NC(=O)Nc1ccc(Oc2ccc(N)cc2)c(C(=O)NCCOC)c1. The first kappa shape index (κ1) is 23.0. The van der Waals surface area contributed by atoms with Crippen LogP contribution in [0.25, 0.3) is 0 Å². The van der Waals surface area contributed by atoms with Crippen molar-refractivity contribution in [1.29, 1.82) is 0 Å². The van der Waals surface area contributed by atoms with Gasteiger partial charge in [0.15, 0.2) is 0 Å². The summed E-state index contributed by atoms with van der Waals surface area (Å²) in [6.07, 6.45) is 1.68. The molecule has 0 aliphatic rings. The van der Waals surface area contributed by atoms with Gasteiger partial charge in [-0.2, -0.15) is 0 Å². The summed E-state index contributed by atoms with van der Waals surface area (Å²) in [5.74, 6) is 0.574. The maximum atomic E-state index is 12.7. The Hall–Kier alpha value is -3.26. The summed E-state index contributed by atoms with van der Waals surface area (Å²) < 4.78 is 10.9. The number of nitrogens with one attached hydrogen (secondary N) is 3. The van der Waals surface area contributed by atoms with E-state index in [0.29, 0.717) is 41.6 Å². The van der Waals surface area contributed by atoms with Gasteiger partial charge in [0.25, 0.3) is 5.91 Å². The van der Waals surface area contributed by atoms with Crippen LogP contribution in [0.15, 0.2) is 42.5 Å². The van der Waals surface area contributed by atoms with Crippen molar-refractivity contribution in [3.8, 4) is 11.5 Å². The first-order valence-electron chi connectivity index (χ1n) is 9.98. The lowest BCUT2D eigenvalue weighted by atomic mass is 10.1. The molecule has 0 spiro atoms. The van der Waals surface area contributed by atoms with Crippen molar-refractivity contribution in [2.75, 3.05) is 31.3 Å². The average Bonchev–Trinajstić information content (AvgIpc) is 2.74. The molecule has 162 valence electrons. The second-order valence-corrected chi connectivity index (χ2v) is 6.74. The third-order valence-electron chi connectivity index (χ3n) is 4.50. The maximum Gasteiger partial charge on any atom is 0.319 e. The Kier molecular flexibility index (Phi) is 8.96. The van der Waals surface area contributed by atoms with Gasteiger partial charge < -0.3 is 31.2 Å². The van der Waals surface area contributed by atoms with E-state index in [-0.39, 0.29) is 18.0 Å². The molecule has 0 aliphatic heterocycles. The Morgan fingerprint density at radius 1 is 1.07 bits per heavy atom. The van der Waals surface area contributed by atoms with E-state index in [1.165, 1.54) is 0 Å². The number of nitrogens with two attached hydrogens (primary N) is 1. The highest BCUT2D eigenvalue weighted by Crippen LogP contribution is 2.28. The van der Waals surface area contributed by atoms with Gasteiger partial charge in [-0.3, -0.25) is 4.79 Å². The molecule has 0 bridgehead atoms. The first-order chi connectivity index (χ1) is 14.5. The van der Waals surface area contributed by atoms with Gasteiger partial charge in [-0.1, -0.05) is 13.8 Å². The Labute approximate surface area is 177 Å². The Balaban J connectivity index is 2.22. The highest BCUT2D eigenvalue weighted by molar-refractivity contribution is 5.99. The zero-order valence-corrected chi connectivity index (χ0v) is 17.7. The molecule has 0 radical (unpaired) electrons. The lowest BCUT2D eigenvalue weighted by Gasteiger charge is -2.17. The third kappa shape index (κ3) is 6.97. The molecular formula is C22H30N4O4. The second-order valence-electron chi connectivity index (χ2n) is 6.74. The molecule has 0 saturated heterocycles. The largest absolute Gasteiger partial charge is 0.457 e.